The van der Waals surface area contributed by atoms with E-state index >= 15 is 0 Å². The van der Waals surface area contributed by atoms with Crippen LogP contribution in [0.1, 0.15) is 20.3 Å². The van der Waals surface area contributed by atoms with Crippen LogP contribution >= 0.6 is 0 Å². The molecule has 1 amide bonds. The quantitative estimate of drug-likeness (QED) is 0.686. The third-order valence-corrected chi connectivity index (χ3v) is 3.93. The molecule has 0 saturated carbocycles. The molecule has 2 aliphatic rings. The number of hydrogen-bond donors (Lipinski definition) is 0. The van der Waals surface area contributed by atoms with E-state index in [1.807, 2.05) is 0 Å². The van der Waals surface area contributed by atoms with Gasteiger partial charge in [-0.15, -0.1) is 0 Å². The predicted octanol–water partition coefficient (Wildman–Crippen LogP) is 0.117. The van der Waals surface area contributed by atoms with Crippen molar-refractivity contribution in [1.29, 1.82) is 0 Å². The van der Waals surface area contributed by atoms with Gasteiger partial charge in [-0.3, -0.25) is 14.5 Å². The number of carbonyl (C=O) groups excluding carboxylic acids is 2. The summed E-state index contributed by atoms with van der Waals surface area (Å²) in [6.07, 6.45) is 0.745. The Labute approximate surface area is 120 Å². The van der Waals surface area contributed by atoms with Crippen molar-refractivity contribution in [3.63, 3.8) is 0 Å². The molecule has 0 aliphatic carbocycles. The molecule has 0 aromatic heterocycles. The summed E-state index contributed by atoms with van der Waals surface area (Å²) in [4.78, 5) is 27.4. The van der Waals surface area contributed by atoms with Gasteiger partial charge in [0, 0.05) is 39.1 Å². The molecule has 2 heterocycles. The number of ether oxygens (including phenoxy) is 2. The summed E-state index contributed by atoms with van der Waals surface area (Å²) in [5, 5.41) is 0. The lowest BCUT2D eigenvalue weighted by Crippen LogP contribution is -2.48. The first-order valence-corrected chi connectivity index (χ1v) is 7.23. The van der Waals surface area contributed by atoms with Gasteiger partial charge in [0.2, 0.25) is 5.91 Å². The van der Waals surface area contributed by atoms with E-state index in [1.165, 1.54) is 7.11 Å². The summed E-state index contributed by atoms with van der Waals surface area (Å²) in [6.45, 7) is 7.91. The van der Waals surface area contributed by atoms with Crippen LogP contribution in [0.25, 0.3) is 0 Å². The molecule has 0 spiro atoms. The van der Waals surface area contributed by atoms with Gasteiger partial charge in [-0.2, -0.15) is 0 Å². The molecule has 6 nitrogen and oxygen atoms in total. The molecular formula is C14H24N2O4. The second kappa shape index (κ2) is 6.54. The highest BCUT2D eigenvalue weighted by Crippen LogP contribution is 2.19. The highest BCUT2D eigenvalue weighted by molar-refractivity contribution is 5.86. The topological polar surface area (TPSA) is 59.1 Å². The standard InChI is InChI=1S/C14H24N2O4/c1-10-7-15(8-11(2)20-10)4-5-16-9-12(6-13(16)17)14(18)19-3/h10-12H,4-9H2,1-3H3/t10-,11+,12?. The molecule has 2 saturated heterocycles. The number of morpholine rings is 1. The van der Waals surface area contributed by atoms with Crippen LogP contribution in [-0.2, 0) is 19.1 Å². The van der Waals surface area contributed by atoms with E-state index in [0.29, 0.717) is 13.1 Å². The minimum absolute atomic E-state index is 0.0507. The first-order chi connectivity index (χ1) is 9.49. The highest BCUT2D eigenvalue weighted by Gasteiger charge is 2.35. The molecular weight excluding hydrogens is 260 g/mol. The maximum Gasteiger partial charge on any atom is 0.310 e. The summed E-state index contributed by atoms with van der Waals surface area (Å²) in [5.41, 5.74) is 0. The Hall–Kier alpha value is -1.14. The second-order valence-corrected chi connectivity index (χ2v) is 5.78. The highest BCUT2D eigenvalue weighted by atomic mass is 16.5. The average Bonchev–Trinajstić information content (AvgIpc) is 2.76. The smallest absolute Gasteiger partial charge is 0.310 e. The van der Waals surface area contributed by atoms with Crippen LogP contribution < -0.4 is 0 Å². The summed E-state index contributed by atoms with van der Waals surface area (Å²) in [6, 6.07) is 0. The van der Waals surface area contributed by atoms with Crippen molar-refractivity contribution in [1.82, 2.24) is 9.80 Å². The Kier molecular flexibility index (Phi) is 4.99. The van der Waals surface area contributed by atoms with Crippen LogP contribution in [0.5, 0.6) is 0 Å². The zero-order valence-electron chi connectivity index (χ0n) is 12.5. The van der Waals surface area contributed by atoms with Gasteiger partial charge in [-0.25, -0.2) is 0 Å². The number of esters is 1. The number of methoxy groups -OCH3 is 1. The van der Waals surface area contributed by atoms with Crippen LogP contribution in [0, 0.1) is 5.92 Å². The molecule has 0 aromatic rings. The Morgan fingerprint density at radius 3 is 2.50 bits per heavy atom. The van der Waals surface area contributed by atoms with E-state index in [-0.39, 0.29) is 36.4 Å². The van der Waals surface area contributed by atoms with E-state index in [4.69, 9.17) is 9.47 Å². The fourth-order valence-electron chi connectivity index (χ4n) is 3.04. The lowest BCUT2D eigenvalue weighted by Gasteiger charge is -2.36. The molecule has 2 aliphatic heterocycles. The zero-order chi connectivity index (χ0) is 14.7. The van der Waals surface area contributed by atoms with E-state index in [0.717, 1.165) is 19.6 Å². The lowest BCUT2D eigenvalue weighted by molar-refractivity contribution is -0.145. The molecule has 114 valence electrons. The Bertz CT molecular complexity index is 364. The molecule has 0 bridgehead atoms. The summed E-state index contributed by atoms with van der Waals surface area (Å²) in [5.74, 6) is -0.528. The Morgan fingerprint density at radius 1 is 1.25 bits per heavy atom. The molecule has 2 rings (SSSR count). The van der Waals surface area contributed by atoms with Gasteiger partial charge in [0.05, 0.1) is 25.2 Å². The van der Waals surface area contributed by atoms with Crippen molar-refractivity contribution < 1.29 is 19.1 Å². The lowest BCUT2D eigenvalue weighted by atomic mass is 10.1. The molecule has 0 N–H and O–H groups in total. The van der Waals surface area contributed by atoms with Gasteiger partial charge in [0.25, 0.3) is 0 Å². The van der Waals surface area contributed by atoms with Gasteiger partial charge in [-0.05, 0) is 13.8 Å². The van der Waals surface area contributed by atoms with E-state index in [9.17, 15) is 9.59 Å². The van der Waals surface area contributed by atoms with Crippen molar-refractivity contribution >= 4 is 11.9 Å². The van der Waals surface area contributed by atoms with Crippen molar-refractivity contribution in [3.05, 3.63) is 0 Å². The third kappa shape index (κ3) is 3.70. The fraction of sp³-hybridized carbons (Fsp3) is 0.857. The van der Waals surface area contributed by atoms with Crippen LogP contribution in [-0.4, -0.2) is 73.7 Å². The van der Waals surface area contributed by atoms with Gasteiger partial charge in [-0.1, -0.05) is 0 Å². The number of hydrogen-bond acceptors (Lipinski definition) is 5. The molecule has 2 fully saturated rings. The minimum atomic E-state index is -0.296. The molecule has 0 aromatic carbocycles. The maximum absolute atomic E-state index is 11.9. The first-order valence-electron chi connectivity index (χ1n) is 7.23. The van der Waals surface area contributed by atoms with Crippen LogP contribution in [0.2, 0.25) is 0 Å². The SMILES string of the molecule is COC(=O)C1CC(=O)N(CCN2C[C@@H](C)O[C@@H](C)C2)C1. The number of nitrogens with zero attached hydrogens (tertiary/aromatic N) is 2. The predicted molar refractivity (Wildman–Crippen MR) is 73.2 cm³/mol. The van der Waals surface area contributed by atoms with Gasteiger partial charge in [0.15, 0.2) is 0 Å². The summed E-state index contributed by atoms with van der Waals surface area (Å²) < 4.78 is 10.4. The third-order valence-electron chi connectivity index (χ3n) is 3.93. The first kappa shape index (κ1) is 15.3. The number of carbonyl (C=O) groups is 2. The van der Waals surface area contributed by atoms with Crippen molar-refractivity contribution in [2.75, 3.05) is 39.8 Å². The maximum atomic E-state index is 11.9. The Morgan fingerprint density at radius 2 is 1.90 bits per heavy atom. The minimum Gasteiger partial charge on any atom is -0.469 e. The van der Waals surface area contributed by atoms with Crippen molar-refractivity contribution in [2.45, 2.75) is 32.5 Å². The Balaban J connectivity index is 1.79. The van der Waals surface area contributed by atoms with E-state index in [1.54, 1.807) is 4.90 Å². The normalized spacial score (nSPS) is 31.6. The molecule has 20 heavy (non-hydrogen) atoms. The number of likely N-dealkylation sites (tertiary alicyclic amines) is 1. The van der Waals surface area contributed by atoms with Crippen LogP contribution in [0.4, 0.5) is 0 Å². The monoisotopic (exact) mass is 284 g/mol. The summed E-state index contributed by atoms with van der Waals surface area (Å²) >= 11 is 0. The number of amides is 1. The summed E-state index contributed by atoms with van der Waals surface area (Å²) in [7, 11) is 1.37. The number of rotatable bonds is 4. The van der Waals surface area contributed by atoms with Crippen molar-refractivity contribution in [3.8, 4) is 0 Å². The second-order valence-electron chi connectivity index (χ2n) is 5.78. The van der Waals surface area contributed by atoms with E-state index in [2.05, 4.69) is 18.7 Å². The molecule has 6 heteroatoms. The van der Waals surface area contributed by atoms with Crippen molar-refractivity contribution in [2.24, 2.45) is 5.92 Å². The molecule has 1 unspecified atom stereocenters. The van der Waals surface area contributed by atoms with Gasteiger partial charge >= 0.3 is 5.97 Å². The largest absolute Gasteiger partial charge is 0.469 e. The average molecular weight is 284 g/mol. The van der Waals surface area contributed by atoms with Crippen LogP contribution in [0.3, 0.4) is 0 Å². The van der Waals surface area contributed by atoms with Gasteiger partial charge < -0.3 is 14.4 Å². The molecule has 0 radical (unpaired) electrons. The fourth-order valence-corrected chi connectivity index (χ4v) is 3.04. The zero-order valence-corrected chi connectivity index (χ0v) is 12.5. The van der Waals surface area contributed by atoms with Gasteiger partial charge in [0.1, 0.15) is 0 Å². The van der Waals surface area contributed by atoms with E-state index < -0.39 is 0 Å². The van der Waals surface area contributed by atoms with Crippen LogP contribution in [0.15, 0.2) is 0 Å². The molecule has 3 atom stereocenters.